The van der Waals surface area contributed by atoms with E-state index in [1.54, 1.807) is 38.1 Å². The highest BCUT2D eigenvalue weighted by atomic mass is 19.4. The first-order chi connectivity index (χ1) is 26.0. The Morgan fingerprint density at radius 3 is 2.15 bits per heavy atom. The van der Waals surface area contributed by atoms with Crippen molar-refractivity contribution in [3.8, 4) is 28.4 Å². The molecule has 1 N–H and O–H groups in total. The van der Waals surface area contributed by atoms with Crippen molar-refractivity contribution in [1.82, 2.24) is 24.4 Å². The molecule has 10 nitrogen and oxygen atoms in total. The molecule has 274 valence electrons. The van der Waals surface area contributed by atoms with E-state index in [9.17, 15) is 18.0 Å². The minimum Gasteiger partial charge on any atom is -0.497 e. The van der Waals surface area contributed by atoms with Crippen LogP contribution in [-0.2, 0) is 19.3 Å². The van der Waals surface area contributed by atoms with E-state index in [2.05, 4.69) is 20.4 Å². The second-order valence-electron chi connectivity index (χ2n) is 12.5. The highest BCUT2D eigenvalue weighted by Crippen LogP contribution is 2.32. The van der Waals surface area contributed by atoms with Crippen molar-refractivity contribution in [2.24, 2.45) is 0 Å². The average molecular weight is 736 g/mol. The first-order valence-corrected chi connectivity index (χ1v) is 16.7. The Morgan fingerprint density at radius 2 is 1.52 bits per heavy atom. The summed E-state index contributed by atoms with van der Waals surface area (Å²) in [5.74, 6) is 0.576. The molecule has 0 atom stereocenters. The lowest BCUT2D eigenvalue weighted by atomic mass is 10.1. The molecular formula is C40H33F4N7O3. The van der Waals surface area contributed by atoms with Crippen LogP contribution >= 0.6 is 0 Å². The van der Waals surface area contributed by atoms with Gasteiger partial charge >= 0.3 is 6.18 Å². The second kappa shape index (κ2) is 14.7. The number of hydrogen-bond donors (Lipinski definition) is 1. The van der Waals surface area contributed by atoms with E-state index < -0.39 is 23.5 Å². The van der Waals surface area contributed by atoms with Crippen molar-refractivity contribution in [2.45, 2.75) is 26.2 Å². The molecule has 0 bridgehead atoms. The summed E-state index contributed by atoms with van der Waals surface area (Å²) in [6.07, 6.45) is 0.242. The Balaban J connectivity index is 1.19. The first-order valence-electron chi connectivity index (χ1n) is 16.7. The molecule has 4 aromatic carbocycles. The third kappa shape index (κ3) is 7.44. The van der Waals surface area contributed by atoms with Crippen LogP contribution in [0.4, 0.5) is 29.1 Å². The fourth-order valence-corrected chi connectivity index (χ4v) is 6.11. The number of nitrogens with zero attached hydrogens (tertiary/aromatic N) is 6. The number of benzene rings is 4. The lowest BCUT2D eigenvalue weighted by molar-refractivity contribution is -0.137. The van der Waals surface area contributed by atoms with Crippen molar-refractivity contribution in [3.63, 3.8) is 0 Å². The number of hydrogen-bond acceptors (Lipinski definition) is 7. The van der Waals surface area contributed by atoms with Crippen molar-refractivity contribution in [3.05, 3.63) is 149 Å². The fraction of sp³-hybridized carbons (Fsp3) is 0.150. The summed E-state index contributed by atoms with van der Waals surface area (Å²) in [6.45, 7) is 2.76. The topological polar surface area (TPSA) is 98.8 Å². The first kappa shape index (κ1) is 35.7. The Kier molecular flexibility index (Phi) is 9.74. The summed E-state index contributed by atoms with van der Waals surface area (Å²) in [5.41, 5.74) is 3.75. The number of fused-ring (bicyclic) bond motifs is 1. The molecule has 54 heavy (non-hydrogen) atoms. The molecule has 0 fully saturated rings. The molecule has 0 aliphatic rings. The van der Waals surface area contributed by atoms with E-state index >= 15 is 4.39 Å². The maximum Gasteiger partial charge on any atom is 0.416 e. The van der Waals surface area contributed by atoms with Gasteiger partial charge in [0, 0.05) is 30.4 Å². The van der Waals surface area contributed by atoms with Gasteiger partial charge in [0.2, 0.25) is 0 Å². The number of rotatable bonds is 11. The predicted octanol–water partition coefficient (Wildman–Crippen LogP) is 8.52. The molecule has 0 radical (unpaired) electrons. The standard InChI is InChI=1S/C40H33F4N7O3/c1-25-17-33(41)34(48-39(52)28-5-4-6-30(18-28)40(42,43)44)19-37(25)50-23-29(20-46-50)35-15-16-36-38(45-24-47-51(35)36)49(21-26-7-11-31(53-2)12-8-26)22-27-9-13-32(54-3)14-10-27/h4-20,23-24H,21-22H2,1-3H3,(H,48,52). The zero-order valence-corrected chi connectivity index (χ0v) is 29.3. The molecule has 0 unspecified atom stereocenters. The summed E-state index contributed by atoms with van der Waals surface area (Å²) in [5, 5.41) is 11.5. The number of nitrogens with one attached hydrogen (secondary N) is 1. The van der Waals surface area contributed by atoms with Crippen molar-refractivity contribution in [2.75, 3.05) is 24.4 Å². The van der Waals surface area contributed by atoms with Gasteiger partial charge in [0.05, 0.1) is 43.0 Å². The van der Waals surface area contributed by atoms with Gasteiger partial charge in [-0.25, -0.2) is 18.6 Å². The molecule has 7 rings (SSSR count). The smallest absolute Gasteiger partial charge is 0.416 e. The van der Waals surface area contributed by atoms with Crippen molar-refractivity contribution >= 4 is 22.9 Å². The third-order valence-corrected chi connectivity index (χ3v) is 8.91. The number of alkyl halides is 3. The highest BCUT2D eigenvalue weighted by Gasteiger charge is 2.31. The number of aryl methyl sites for hydroxylation is 1. The Bertz CT molecular complexity index is 2390. The van der Waals surface area contributed by atoms with Gasteiger partial charge in [-0.2, -0.15) is 23.4 Å². The van der Waals surface area contributed by atoms with E-state index in [-0.39, 0.29) is 11.3 Å². The van der Waals surface area contributed by atoms with Gasteiger partial charge in [0.25, 0.3) is 5.91 Å². The normalized spacial score (nSPS) is 11.5. The van der Waals surface area contributed by atoms with Gasteiger partial charge in [-0.15, -0.1) is 0 Å². The third-order valence-electron chi connectivity index (χ3n) is 8.91. The van der Waals surface area contributed by atoms with Crippen LogP contribution < -0.4 is 19.7 Å². The minimum absolute atomic E-state index is 0.214. The molecule has 1 amide bonds. The monoisotopic (exact) mass is 735 g/mol. The quantitative estimate of drug-likeness (QED) is 0.133. The lowest BCUT2D eigenvalue weighted by Gasteiger charge is -2.25. The number of amides is 1. The molecule has 0 saturated carbocycles. The molecule has 0 aliphatic carbocycles. The Hall–Kier alpha value is -6.70. The van der Waals surface area contributed by atoms with Crippen LogP contribution in [0.25, 0.3) is 22.5 Å². The summed E-state index contributed by atoms with van der Waals surface area (Å²) in [6, 6.07) is 26.1. The van der Waals surface area contributed by atoms with Crippen LogP contribution in [0.3, 0.4) is 0 Å². The van der Waals surface area contributed by atoms with E-state index in [0.29, 0.717) is 41.4 Å². The zero-order valence-electron chi connectivity index (χ0n) is 29.3. The van der Waals surface area contributed by atoms with E-state index in [1.807, 2.05) is 60.7 Å². The van der Waals surface area contributed by atoms with Crippen LogP contribution in [0, 0.1) is 12.7 Å². The maximum absolute atomic E-state index is 15.1. The number of methoxy groups -OCH3 is 2. The van der Waals surface area contributed by atoms with E-state index in [1.165, 1.54) is 29.2 Å². The molecule has 0 spiro atoms. The van der Waals surface area contributed by atoms with Crippen LogP contribution in [0.5, 0.6) is 11.5 Å². The average Bonchev–Trinajstić information content (AvgIpc) is 3.84. The maximum atomic E-state index is 15.1. The van der Waals surface area contributed by atoms with Gasteiger partial charge in [-0.05, 0) is 90.3 Å². The number of halogens is 4. The highest BCUT2D eigenvalue weighted by molar-refractivity contribution is 6.04. The molecule has 0 saturated heterocycles. The number of ether oxygens (including phenoxy) is 2. The predicted molar refractivity (Wildman–Crippen MR) is 196 cm³/mol. The minimum atomic E-state index is -4.64. The van der Waals surface area contributed by atoms with Crippen LogP contribution in [0.2, 0.25) is 0 Å². The molecule has 0 aliphatic heterocycles. The summed E-state index contributed by atoms with van der Waals surface area (Å²) < 4.78 is 68.8. The summed E-state index contributed by atoms with van der Waals surface area (Å²) in [4.78, 5) is 19.8. The van der Waals surface area contributed by atoms with Gasteiger partial charge in [-0.3, -0.25) is 4.79 Å². The van der Waals surface area contributed by atoms with Crippen LogP contribution in [0.15, 0.2) is 116 Å². The number of anilines is 2. The van der Waals surface area contributed by atoms with Gasteiger partial charge in [0.1, 0.15) is 29.2 Å². The van der Waals surface area contributed by atoms with Crippen LogP contribution in [0.1, 0.15) is 32.6 Å². The Morgan fingerprint density at radius 1 is 0.852 bits per heavy atom. The molecule has 3 aromatic heterocycles. The van der Waals surface area contributed by atoms with Gasteiger partial charge < -0.3 is 19.7 Å². The lowest BCUT2D eigenvalue weighted by Crippen LogP contribution is -2.24. The van der Waals surface area contributed by atoms with Gasteiger partial charge in [0.15, 0.2) is 5.82 Å². The summed E-state index contributed by atoms with van der Waals surface area (Å²) >= 11 is 0. The SMILES string of the molecule is COc1ccc(CN(Cc2ccc(OC)cc2)c2ncnn3c(-c4cnn(-c5cc(NC(=O)c6cccc(C(F)(F)F)c6)c(F)cc5C)c4)ccc23)cc1. The summed E-state index contributed by atoms with van der Waals surface area (Å²) in [7, 11) is 3.25. The molecule has 7 aromatic rings. The van der Waals surface area contributed by atoms with E-state index in [0.717, 1.165) is 46.3 Å². The molecular weight excluding hydrogens is 702 g/mol. The van der Waals surface area contributed by atoms with Crippen molar-refractivity contribution in [1.29, 1.82) is 0 Å². The number of carbonyl (C=O) groups excluding carboxylic acids is 1. The number of aromatic nitrogens is 5. The largest absolute Gasteiger partial charge is 0.497 e. The molecule has 3 heterocycles. The second-order valence-corrected chi connectivity index (χ2v) is 12.5. The Labute approximate surface area is 307 Å². The zero-order chi connectivity index (χ0) is 38.0. The molecule has 14 heteroatoms. The number of carbonyl (C=O) groups is 1. The van der Waals surface area contributed by atoms with Crippen molar-refractivity contribution < 1.29 is 31.8 Å². The van der Waals surface area contributed by atoms with Crippen LogP contribution in [-0.4, -0.2) is 44.5 Å². The van der Waals surface area contributed by atoms with E-state index in [4.69, 9.17) is 14.5 Å². The fourth-order valence-electron chi connectivity index (χ4n) is 6.11. The van der Waals surface area contributed by atoms with Gasteiger partial charge in [-0.1, -0.05) is 30.3 Å².